The van der Waals surface area contributed by atoms with Crippen LogP contribution in [0.15, 0.2) is 12.7 Å². The van der Waals surface area contributed by atoms with Gasteiger partial charge < -0.3 is 74.4 Å². The minimum Gasteiger partial charge on any atom is -0.756 e. The van der Waals surface area contributed by atoms with E-state index in [1.54, 1.807) is 0 Å². The first kappa shape index (κ1) is 47.0. The number of thioether (sulfide) groups is 1. The maximum atomic E-state index is 12.2. The molecule has 28 heteroatoms. The van der Waals surface area contributed by atoms with Gasteiger partial charge in [0, 0.05) is 24.0 Å². The van der Waals surface area contributed by atoms with Crippen LogP contribution in [0.4, 0.5) is 10.6 Å². The Bertz CT molecular complexity index is 1800. The fourth-order valence-corrected chi connectivity index (χ4v) is 9.71. The average molecular weight is 899 g/mol. The van der Waals surface area contributed by atoms with E-state index in [1.165, 1.54) is 10.9 Å². The highest BCUT2D eigenvalue weighted by Crippen LogP contribution is 2.56. The Morgan fingerprint density at radius 3 is 2.37 bits per heavy atom. The summed E-state index contributed by atoms with van der Waals surface area (Å²) in [5.74, 6) is -0.449. The lowest BCUT2D eigenvalue weighted by Gasteiger charge is -2.30. The number of carbonyl (C=O) groups is 3. The number of aliphatic hydroxyl groups is 2. The summed E-state index contributed by atoms with van der Waals surface area (Å²) >= 11 is 1.86. The molecule has 7 N–H and O–H groups in total. The summed E-state index contributed by atoms with van der Waals surface area (Å²) in [4.78, 5) is 71.5. The number of fused-ring (bicyclic) bond motifs is 2. The quantitative estimate of drug-likeness (QED) is 0.0316. The van der Waals surface area contributed by atoms with Gasteiger partial charge in [-0.05, 0) is 12.8 Å². The molecule has 0 aromatic carbocycles. The molecule has 0 saturated carbocycles. The van der Waals surface area contributed by atoms with Crippen molar-refractivity contribution in [2.45, 2.75) is 74.0 Å². The van der Waals surface area contributed by atoms with Crippen LogP contribution >= 0.6 is 27.4 Å². The molecule has 3 saturated heterocycles. The Morgan fingerprint density at radius 2 is 1.64 bits per heavy atom. The molecule has 9 atom stereocenters. The number of carbonyl (C=O) groups excluding carboxylic acids is 3. The highest BCUT2D eigenvalue weighted by Gasteiger charge is 2.45. The maximum Gasteiger partial charge on any atom is 0.328 e. The van der Waals surface area contributed by atoms with Gasteiger partial charge in [-0.2, -0.15) is 11.8 Å². The van der Waals surface area contributed by atoms with Crippen LogP contribution in [0, 0.1) is 0 Å². The Kier molecular flexibility index (Phi) is 18.1. The number of aromatic nitrogens is 4. The van der Waals surface area contributed by atoms with E-state index in [0.717, 1.165) is 31.3 Å². The third kappa shape index (κ3) is 14.5. The highest BCUT2D eigenvalue weighted by molar-refractivity contribution is 8.00. The van der Waals surface area contributed by atoms with Gasteiger partial charge in [0.25, 0.3) is 7.82 Å². The van der Waals surface area contributed by atoms with Crippen molar-refractivity contribution < 1.29 is 80.6 Å². The monoisotopic (exact) mass is 898 g/mol. The second-order valence-corrected chi connectivity index (χ2v) is 17.4. The Hall–Kier alpha value is -3.07. The number of nitrogens with one attached hydrogen (secondary N) is 3. The standard InChI is InChI=1S/C31H50N8O17P2S/c32-28-25-29(35-17-34-28)39(18-36-25)30-27(43)26(42)20(54-30)15-53-57(45,46)56-58(47,48)55-23(41)5-7-49-9-11-51-13-14-52-12-10-50-8-6-33-22(40)4-2-1-3-21-24-19(16-59-21)37-31(44)38-24/h17-21,24,26-27,30,42-43H,1-16H2,(H,33,40)(H,45,46)(H,47,48)(H2,32,34,35)(H2,37,38,44)/p-2/t19-,20+,21-,24-,26?,27-,30+/m0/s1. The van der Waals surface area contributed by atoms with Crippen molar-refractivity contribution in [2.75, 3.05) is 77.5 Å². The summed E-state index contributed by atoms with van der Waals surface area (Å²) in [6.45, 7) is 0.775. The molecule has 0 aliphatic carbocycles. The number of hydrogen-bond donors (Lipinski definition) is 6. The van der Waals surface area contributed by atoms with E-state index >= 15 is 0 Å². The Morgan fingerprint density at radius 1 is 0.949 bits per heavy atom. The highest BCUT2D eigenvalue weighted by atomic mass is 32.2. The number of hydrogen-bond acceptors (Lipinski definition) is 22. The Labute approximate surface area is 341 Å². The van der Waals surface area contributed by atoms with Crippen LogP contribution in [0.3, 0.4) is 0 Å². The first-order chi connectivity index (χ1) is 28.2. The lowest BCUT2D eigenvalue weighted by molar-refractivity contribution is -0.244. The van der Waals surface area contributed by atoms with Crippen LogP contribution < -0.4 is 31.5 Å². The van der Waals surface area contributed by atoms with Crippen molar-refractivity contribution in [3.63, 3.8) is 0 Å². The van der Waals surface area contributed by atoms with Gasteiger partial charge >= 0.3 is 19.8 Å². The van der Waals surface area contributed by atoms with Crippen molar-refractivity contribution in [2.24, 2.45) is 0 Å². The molecule has 2 aromatic heterocycles. The molecule has 3 aliphatic heterocycles. The van der Waals surface area contributed by atoms with E-state index in [4.69, 9.17) is 29.4 Å². The fraction of sp³-hybridized carbons (Fsp3) is 0.742. The number of urea groups is 1. The van der Waals surface area contributed by atoms with Crippen LogP contribution in [-0.4, -0.2) is 155 Å². The van der Waals surface area contributed by atoms with Gasteiger partial charge in [0.2, 0.25) is 5.91 Å². The van der Waals surface area contributed by atoms with Gasteiger partial charge in [-0.1, -0.05) is 6.42 Å². The number of nitrogens with two attached hydrogens (primary N) is 1. The zero-order chi connectivity index (χ0) is 42.4. The second-order valence-electron chi connectivity index (χ2n) is 13.3. The zero-order valence-electron chi connectivity index (χ0n) is 31.7. The predicted molar refractivity (Wildman–Crippen MR) is 199 cm³/mol. The number of phosphoric ester groups is 2. The molecule has 3 amide bonds. The molecule has 3 aliphatic rings. The fourth-order valence-electron chi connectivity index (χ4n) is 6.19. The topological polar surface area (TPSA) is 351 Å². The number of unbranched alkanes of at least 4 members (excludes halogenated alkanes) is 1. The largest absolute Gasteiger partial charge is 0.756 e. The third-order valence-corrected chi connectivity index (χ3v) is 13.0. The zero-order valence-corrected chi connectivity index (χ0v) is 34.3. The summed E-state index contributed by atoms with van der Waals surface area (Å²) in [5.41, 5.74) is 6.08. The summed E-state index contributed by atoms with van der Waals surface area (Å²) in [7, 11) is -11.5. The van der Waals surface area contributed by atoms with E-state index in [-0.39, 0.29) is 74.0 Å². The Balaban J connectivity index is 0.809. The minimum atomic E-state index is -5.77. The van der Waals surface area contributed by atoms with E-state index in [1.807, 2.05) is 11.8 Å². The van der Waals surface area contributed by atoms with Crippen molar-refractivity contribution in [1.82, 2.24) is 35.5 Å². The molecule has 59 heavy (non-hydrogen) atoms. The first-order valence-corrected chi connectivity index (χ1v) is 22.6. The first-order valence-electron chi connectivity index (χ1n) is 18.6. The summed E-state index contributed by atoms with van der Waals surface area (Å²) in [5, 5.41) is 30.0. The van der Waals surface area contributed by atoms with Gasteiger partial charge in [0.1, 0.15) is 30.2 Å². The van der Waals surface area contributed by atoms with Gasteiger partial charge in [-0.15, -0.1) is 0 Å². The molecule has 0 bridgehead atoms. The number of imidazole rings is 1. The summed E-state index contributed by atoms with van der Waals surface area (Å²) in [6, 6.07) is 0.273. The molecule has 3 unspecified atom stereocenters. The number of anilines is 1. The number of rotatable bonds is 27. The van der Waals surface area contributed by atoms with Crippen molar-refractivity contribution in [3.05, 3.63) is 12.7 Å². The molecule has 5 heterocycles. The lowest BCUT2D eigenvalue weighted by Crippen LogP contribution is -2.36. The molecule has 332 valence electrons. The van der Waals surface area contributed by atoms with E-state index < -0.39 is 59.2 Å². The molecule has 2 aromatic rings. The van der Waals surface area contributed by atoms with Gasteiger partial charge in [0.15, 0.2) is 17.7 Å². The molecule has 0 radical (unpaired) electrons. The molecule has 25 nitrogen and oxygen atoms in total. The van der Waals surface area contributed by atoms with Crippen molar-refractivity contribution in [3.8, 4) is 0 Å². The van der Waals surface area contributed by atoms with Crippen LogP contribution in [0.5, 0.6) is 0 Å². The van der Waals surface area contributed by atoms with Crippen LogP contribution in [0.25, 0.3) is 11.2 Å². The molecule has 3 fully saturated rings. The van der Waals surface area contributed by atoms with Crippen LogP contribution in [0.1, 0.15) is 38.3 Å². The number of phosphoric acid groups is 2. The molecule has 0 spiro atoms. The molecular formula is C31H48N8O17P2S-2. The maximum absolute atomic E-state index is 12.2. The number of nitrogen functional groups attached to an aromatic ring is 1. The van der Waals surface area contributed by atoms with E-state index in [0.29, 0.717) is 38.0 Å². The summed E-state index contributed by atoms with van der Waals surface area (Å²) in [6.07, 6.45) is -1.26. The summed E-state index contributed by atoms with van der Waals surface area (Å²) < 4.78 is 65.0. The molecule has 5 rings (SSSR count). The van der Waals surface area contributed by atoms with Crippen LogP contribution in [0.2, 0.25) is 0 Å². The average Bonchev–Trinajstić information content (AvgIpc) is 3.94. The third-order valence-electron chi connectivity index (χ3n) is 9.02. The number of aliphatic hydroxyl groups excluding tert-OH is 2. The molecular weight excluding hydrogens is 850 g/mol. The smallest absolute Gasteiger partial charge is 0.328 e. The number of amides is 3. The minimum absolute atomic E-state index is 0.0321. The van der Waals surface area contributed by atoms with Gasteiger partial charge in [-0.25, -0.2) is 24.1 Å². The number of ether oxygens (including phenoxy) is 5. The van der Waals surface area contributed by atoms with Crippen molar-refractivity contribution >= 4 is 62.3 Å². The lowest BCUT2D eigenvalue weighted by atomic mass is 10.0. The van der Waals surface area contributed by atoms with Gasteiger partial charge in [0.05, 0.1) is 84.3 Å². The van der Waals surface area contributed by atoms with Gasteiger partial charge in [-0.3, -0.25) is 23.3 Å². The second kappa shape index (κ2) is 22.7. The predicted octanol–water partition coefficient (Wildman–Crippen LogP) is -2.16. The SMILES string of the molecule is Nc1ncnc2c1ncn2[C@@H]1O[C@H](COP(=O)([O-])OP(=O)([O-])OC(=O)CCOCCOCCOCCOCCNC(=O)CCCC[C@@H]2SC[C@@H]3NC(=O)N[C@@H]32)C(O)[C@@H]1O. The van der Waals surface area contributed by atoms with Crippen LogP contribution in [-0.2, 0) is 55.8 Å². The van der Waals surface area contributed by atoms with E-state index in [9.17, 15) is 43.5 Å². The van der Waals surface area contributed by atoms with E-state index in [2.05, 4.69) is 44.3 Å². The van der Waals surface area contributed by atoms with Crippen molar-refractivity contribution in [1.29, 1.82) is 0 Å². The normalized spacial score (nSPS) is 25.9. The number of nitrogens with zero attached hydrogens (tertiary/aromatic N) is 4.